The summed E-state index contributed by atoms with van der Waals surface area (Å²) in [5.74, 6) is 0.453. The van der Waals surface area contributed by atoms with E-state index < -0.39 is 0 Å². The van der Waals surface area contributed by atoms with Crippen LogP contribution in [0.1, 0.15) is 21.6 Å². The molecule has 0 atom stereocenters. The van der Waals surface area contributed by atoms with Crippen LogP contribution in [-0.2, 0) is 13.1 Å². The van der Waals surface area contributed by atoms with Gasteiger partial charge in [-0.05, 0) is 29.8 Å². The fourth-order valence-corrected chi connectivity index (χ4v) is 3.33. The van der Waals surface area contributed by atoms with Gasteiger partial charge in [-0.15, -0.1) is 11.3 Å². The smallest absolute Gasteiger partial charge is 0.251 e. The number of benzene rings is 1. The van der Waals surface area contributed by atoms with Gasteiger partial charge < -0.3 is 5.32 Å². The van der Waals surface area contributed by atoms with E-state index in [1.54, 1.807) is 30.7 Å². The molecule has 0 fully saturated rings. The predicted octanol–water partition coefficient (Wildman–Crippen LogP) is 2.77. The van der Waals surface area contributed by atoms with Crippen LogP contribution in [0.2, 0.25) is 0 Å². The number of rotatable bonds is 6. The highest BCUT2D eigenvalue weighted by atomic mass is 32.1. The van der Waals surface area contributed by atoms with Gasteiger partial charge in [0.1, 0.15) is 0 Å². The van der Waals surface area contributed by atoms with Gasteiger partial charge in [-0.25, -0.2) is 15.0 Å². The summed E-state index contributed by atoms with van der Waals surface area (Å²) in [6, 6.07) is 11.2. The zero-order valence-corrected chi connectivity index (χ0v) is 15.1. The fraction of sp³-hybridized carbons (Fsp3) is 0.105. The van der Waals surface area contributed by atoms with Crippen molar-refractivity contribution in [3.63, 3.8) is 0 Å². The number of aromatic nitrogens is 5. The molecule has 1 aromatic carbocycles. The second kappa shape index (κ2) is 7.88. The maximum atomic E-state index is 12.5. The molecule has 3 heterocycles. The molecular formula is C19H16N6OS. The van der Waals surface area contributed by atoms with Crippen LogP contribution >= 0.6 is 11.3 Å². The standard InChI is InChI=1S/C19H16N6OS/c26-18(15-5-1-4-14(10-15)12-25-9-3-8-23-25)22-11-16-13-27-19(24-16)17-20-6-2-7-21-17/h1-10,13H,11-12H2,(H,22,26). The molecule has 0 radical (unpaired) electrons. The van der Waals surface area contributed by atoms with E-state index in [1.165, 1.54) is 11.3 Å². The third kappa shape index (κ3) is 4.24. The lowest BCUT2D eigenvalue weighted by Gasteiger charge is -2.06. The largest absolute Gasteiger partial charge is 0.346 e. The molecule has 7 nitrogen and oxygen atoms in total. The van der Waals surface area contributed by atoms with E-state index in [9.17, 15) is 4.79 Å². The Labute approximate surface area is 159 Å². The summed E-state index contributed by atoms with van der Waals surface area (Å²) in [4.78, 5) is 25.3. The van der Waals surface area contributed by atoms with E-state index in [4.69, 9.17) is 0 Å². The number of carbonyl (C=O) groups excluding carboxylic acids is 1. The van der Waals surface area contributed by atoms with Crippen molar-refractivity contribution in [3.05, 3.63) is 83.4 Å². The first-order valence-electron chi connectivity index (χ1n) is 8.34. The molecule has 0 aliphatic rings. The van der Waals surface area contributed by atoms with Crippen molar-refractivity contribution in [3.8, 4) is 10.8 Å². The number of carbonyl (C=O) groups is 1. The molecule has 4 rings (SSSR count). The van der Waals surface area contributed by atoms with Crippen LogP contribution in [0, 0.1) is 0 Å². The maximum absolute atomic E-state index is 12.5. The Hall–Kier alpha value is -3.39. The average molecular weight is 376 g/mol. The molecular weight excluding hydrogens is 360 g/mol. The van der Waals surface area contributed by atoms with Gasteiger partial charge >= 0.3 is 0 Å². The van der Waals surface area contributed by atoms with Gasteiger partial charge in [0, 0.05) is 35.7 Å². The van der Waals surface area contributed by atoms with Gasteiger partial charge in [-0.1, -0.05) is 12.1 Å². The molecule has 0 spiro atoms. The third-order valence-electron chi connectivity index (χ3n) is 3.83. The molecule has 0 unspecified atom stereocenters. The monoisotopic (exact) mass is 376 g/mol. The van der Waals surface area contributed by atoms with Crippen molar-refractivity contribution in [2.45, 2.75) is 13.1 Å². The van der Waals surface area contributed by atoms with Gasteiger partial charge in [0.05, 0.1) is 18.8 Å². The number of hydrogen-bond donors (Lipinski definition) is 1. The quantitative estimate of drug-likeness (QED) is 0.559. The van der Waals surface area contributed by atoms with Crippen LogP contribution < -0.4 is 5.32 Å². The van der Waals surface area contributed by atoms with Crippen molar-refractivity contribution < 1.29 is 4.79 Å². The fourth-order valence-electron chi connectivity index (χ4n) is 2.57. The van der Waals surface area contributed by atoms with Crippen molar-refractivity contribution in [1.82, 2.24) is 30.0 Å². The summed E-state index contributed by atoms with van der Waals surface area (Å²) >= 11 is 1.46. The highest BCUT2D eigenvalue weighted by molar-refractivity contribution is 7.13. The summed E-state index contributed by atoms with van der Waals surface area (Å²) < 4.78 is 1.82. The summed E-state index contributed by atoms with van der Waals surface area (Å²) in [5, 5.41) is 9.74. The molecule has 4 aromatic rings. The summed E-state index contributed by atoms with van der Waals surface area (Å²) in [6.45, 7) is 0.978. The zero-order valence-electron chi connectivity index (χ0n) is 14.3. The zero-order chi connectivity index (χ0) is 18.5. The second-order valence-corrected chi connectivity index (χ2v) is 6.66. The van der Waals surface area contributed by atoms with Crippen molar-refractivity contribution >= 4 is 17.2 Å². The van der Waals surface area contributed by atoms with Crippen LogP contribution in [-0.4, -0.2) is 30.6 Å². The van der Waals surface area contributed by atoms with Crippen LogP contribution in [0.15, 0.2) is 66.6 Å². The van der Waals surface area contributed by atoms with E-state index in [1.807, 2.05) is 40.5 Å². The Kier molecular flexibility index (Phi) is 4.97. The Morgan fingerprint density at radius 3 is 2.81 bits per heavy atom. The van der Waals surface area contributed by atoms with E-state index in [-0.39, 0.29) is 5.91 Å². The Bertz CT molecular complexity index is 1030. The predicted molar refractivity (Wildman–Crippen MR) is 102 cm³/mol. The minimum Gasteiger partial charge on any atom is -0.346 e. The van der Waals surface area contributed by atoms with Crippen LogP contribution in [0.3, 0.4) is 0 Å². The van der Waals surface area contributed by atoms with E-state index in [2.05, 4.69) is 25.4 Å². The maximum Gasteiger partial charge on any atom is 0.251 e. The first-order chi connectivity index (χ1) is 13.3. The topological polar surface area (TPSA) is 85.6 Å². The lowest BCUT2D eigenvalue weighted by molar-refractivity contribution is 0.0950. The van der Waals surface area contributed by atoms with Gasteiger partial charge in [0.25, 0.3) is 5.91 Å². The number of nitrogens with zero attached hydrogens (tertiary/aromatic N) is 5. The van der Waals surface area contributed by atoms with Gasteiger partial charge in [0.15, 0.2) is 10.8 Å². The highest BCUT2D eigenvalue weighted by Crippen LogP contribution is 2.19. The molecule has 27 heavy (non-hydrogen) atoms. The number of thiazole rings is 1. The van der Waals surface area contributed by atoms with Gasteiger partial charge in [0.2, 0.25) is 0 Å². The molecule has 0 aliphatic carbocycles. The number of nitrogens with one attached hydrogen (secondary N) is 1. The molecule has 0 bridgehead atoms. The summed E-state index contributed by atoms with van der Waals surface area (Å²) in [6.07, 6.45) is 6.99. The normalized spacial score (nSPS) is 10.7. The van der Waals surface area contributed by atoms with Crippen molar-refractivity contribution in [2.24, 2.45) is 0 Å². The first kappa shape index (κ1) is 17.0. The van der Waals surface area contributed by atoms with E-state index in [0.29, 0.717) is 24.5 Å². The van der Waals surface area contributed by atoms with E-state index in [0.717, 1.165) is 16.3 Å². The Morgan fingerprint density at radius 2 is 2.00 bits per heavy atom. The SMILES string of the molecule is O=C(NCc1csc(-c2ncccn2)n1)c1cccc(Cn2cccn2)c1. The molecule has 0 saturated heterocycles. The molecule has 3 aromatic heterocycles. The molecule has 8 heteroatoms. The molecule has 1 N–H and O–H groups in total. The summed E-state index contributed by atoms with van der Waals surface area (Å²) in [7, 11) is 0. The van der Waals surface area contributed by atoms with Crippen LogP contribution in [0.5, 0.6) is 0 Å². The second-order valence-electron chi connectivity index (χ2n) is 5.80. The van der Waals surface area contributed by atoms with Gasteiger partial charge in [-0.3, -0.25) is 9.48 Å². The first-order valence-corrected chi connectivity index (χ1v) is 9.22. The van der Waals surface area contributed by atoms with Crippen molar-refractivity contribution in [1.29, 1.82) is 0 Å². The minimum atomic E-state index is -0.136. The minimum absolute atomic E-state index is 0.136. The molecule has 0 saturated carbocycles. The van der Waals surface area contributed by atoms with E-state index >= 15 is 0 Å². The number of hydrogen-bond acceptors (Lipinski definition) is 6. The van der Waals surface area contributed by atoms with Crippen LogP contribution in [0.4, 0.5) is 0 Å². The highest BCUT2D eigenvalue weighted by Gasteiger charge is 2.10. The molecule has 0 aliphatic heterocycles. The molecule has 134 valence electrons. The average Bonchev–Trinajstić information content (AvgIpc) is 3.39. The Balaban J connectivity index is 1.39. The number of amides is 1. The lowest BCUT2D eigenvalue weighted by atomic mass is 10.1. The molecule has 1 amide bonds. The van der Waals surface area contributed by atoms with Gasteiger partial charge in [-0.2, -0.15) is 5.10 Å². The third-order valence-corrected chi connectivity index (χ3v) is 4.72. The van der Waals surface area contributed by atoms with Crippen LogP contribution in [0.25, 0.3) is 10.8 Å². The Morgan fingerprint density at radius 1 is 1.11 bits per heavy atom. The van der Waals surface area contributed by atoms with Crippen molar-refractivity contribution in [2.75, 3.05) is 0 Å². The lowest BCUT2D eigenvalue weighted by Crippen LogP contribution is -2.23. The summed E-state index contributed by atoms with van der Waals surface area (Å²) in [5.41, 5.74) is 2.41.